The maximum atomic E-state index is 12.1. The summed E-state index contributed by atoms with van der Waals surface area (Å²) in [6, 6.07) is 0. The highest BCUT2D eigenvalue weighted by Crippen LogP contribution is 2.54. The summed E-state index contributed by atoms with van der Waals surface area (Å²) < 4.78 is 6.51. The molecule has 4 rings (SSSR count). The van der Waals surface area contributed by atoms with E-state index in [0.717, 1.165) is 37.6 Å². The molecule has 26 heavy (non-hydrogen) atoms. The molecule has 3 saturated heterocycles. The van der Waals surface area contributed by atoms with E-state index in [1.165, 1.54) is 17.0 Å². The van der Waals surface area contributed by atoms with Gasteiger partial charge in [0.1, 0.15) is 0 Å². The number of hydrogen-bond donors (Lipinski definition) is 1. The summed E-state index contributed by atoms with van der Waals surface area (Å²) in [5, 5.41) is 4.33. The van der Waals surface area contributed by atoms with Crippen molar-refractivity contribution in [1.29, 1.82) is 0 Å². The van der Waals surface area contributed by atoms with Crippen LogP contribution in [0.5, 0.6) is 0 Å². The molecule has 1 aromatic heterocycles. The number of thiazole rings is 1. The van der Waals surface area contributed by atoms with E-state index < -0.39 is 0 Å². The number of aryl methyl sites for hydroxylation is 2. The lowest BCUT2D eigenvalue weighted by atomic mass is 9.73. The standard InChI is InChI=1S/C20H31N3O2S/c1-12(2)7-19(24)21-8-15-16-9-23(10-18-13(3)22-14(4)26-18)11-20(16)6-5-17(15)25-20/h12,15-17H,5-11H2,1-4H3,(H,21,24)/t15-,16+,17+,20+/m0/s1. The first kappa shape index (κ1) is 18.4. The van der Waals surface area contributed by atoms with E-state index in [1.54, 1.807) is 0 Å². The van der Waals surface area contributed by atoms with E-state index in [0.29, 0.717) is 30.3 Å². The monoisotopic (exact) mass is 377 g/mol. The van der Waals surface area contributed by atoms with E-state index >= 15 is 0 Å². The van der Waals surface area contributed by atoms with Crippen LogP contribution in [0.15, 0.2) is 0 Å². The van der Waals surface area contributed by atoms with Gasteiger partial charge in [-0.1, -0.05) is 13.8 Å². The van der Waals surface area contributed by atoms with Gasteiger partial charge < -0.3 is 10.1 Å². The van der Waals surface area contributed by atoms with Crippen molar-refractivity contribution in [3.8, 4) is 0 Å². The molecule has 1 N–H and O–H groups in total. The van der Waals surface area contributed by atoms with Gasteiger partial charge in [-0.15, -0.1) is 11.3 Å². The van der Waals surface area contributed by atoms with Crippen LogP contribution in [-0.4, -0.2) is 47.1 Å². The summed E-state index contributed by atoms with van der Waals surface area (Å²) >= 11 is 1.82. The van der Waals surface area contributed by atoms with E-state index in [9.17, 15) is 4.79 Å². The first-order valence-electron chi connectivity index (χ1n) is 9.96. The molecule has 1 amide bonds. The molecule has 3 fully saturated rings. The van der Waals surface area contributed by atoms with Crippen LogP contribution in [0.3, 0.4) is 0 Å². The number of nitrogens with one attached hydrogen (secondary N) is 1. The van der Waals surface area contributed by atoms with Gasteiger partial charge in [0.2, 0.25) is 5.91 Å². The van der Waals surface area contributed by atoms with Crippen LogP contribution in [0.2, 0.25) is 0 Å². The van der Waals surface area contributed by atoms with Gasteiger partial charge >= 0.3 is 0 Å². The summed E-state index contributed by atoms with van der Waals surface area (Å²) in [5.41, 5.74) is 1.20. The second kappa shape index (κ2) is 6.88. The summed E-state index contributed by atoms with van der Waals surface area (Å²) in [6.45, 7) is 12.2. The highest BCUT2D eigenvalue weighted by Gasteiger charge is 2.62. The molecular weight excluding hydrogens is 346 g/mol. The molecule has 4 heterocycles. The zero-order valence-electron chi connectivity index (χ0n) is 16.4. The zero-order valence-corrected chi connectivity index (χ0v) is 17.2. The molecule has 0 aromatic carbocycles. The second-order valence-corrected chi connectivity index (χ2v) is 10.1. The molecule has 3 aliphatic heterocycles. The number of fused-ring (bicyclic) bond motifs is 1. The molecule has 6 heteroatoms. The third-order valence-corrected chi connectivity index (χ3v) is 7.41. The van der Waals surface area contributed by atoms with Gasteiger partial charge in [-0.2, -0.15) is 0 Å². The van der Waals surface area contributed by atoms with Gasteiger partial charge in [0.05, 0.1) is 22.4 Å². The maximum Gasteiger partial charge on any atom is 0.220 e. The van der Waals surface area contributed by atoms with Crippen molar-refractivity contribution in [2.45, 2.75) is 65.2 Å². The fourth-order valence-corrected chi connectivity index (χ4v) is 6.26. The van der Waals surface area contributed by atoms with Crippen LogP contribution in [0.1, 0.15) is 48.7 Å². The highest BCUT2D eigenvalue weighted by molar-refractivity contribution is 7.11. The molecule has 2 bridgehead atoms. The van der Waals surface area contributed by atoms with Gasteiger partial charge in [-0.05, 0) is 32.6 Å². The van der Waals surface area contributed by atoms with E-state index in [2.05, 4.69) is 42.9 Å². The Balaban J connectivity index is 1.40. The Hall–Kier alpha value is -0.980. The summed E-state index contributed by atoms with van der Waals surface area (Å²) in [7, 11) is 0. The molecule has 3 aliphatic rings. The number of rotatable bonds is 6. The van der Waals surface area contributed by atoms with Crippen molar-refractivity contribution in [3.05, 3.63) is 15.6 Å². The van der Waals surface area contributed by atoms with Crippen LogP contribution in [0.25, 0.3) is 0 Å². The van der Waals surface area contributed by atoms with Gasteiger partial charge in [-0.3, -0.25) is 9.69 Å². The van der Waals surface area contributed by atoms with E-state index in [-0.39, 0.29) is 11.5 Å². The maximum absolute atomic E-state index is 12.1. The number of hydrogen-bond acceptors (Lipinski definition) is 5. The third kappa shape index (κ3) is 3.32. The summed E-state index contributed by atoms with van der Waals surface area (Å²) in [5.74, 6) is 1.61. The number of nitrogens with zero attached hydrogens (tertiary/aromatic N) is 2. The van der Waals surface area contributed by atoms with Gasteiger partial charge in [0.15, 0.2) is 0 Å². The van der Waals surface area contributed by atoms with Gasteiger partial charge in [-0.25, -0.2) is 4.98 Å². The lowest BCUT2D eigenvalue weighted by Gasteiger charge is -2.29. The Morgan fingerprint density at radius 1 is 1.46 bits per heavy atom. The molecular formula is C20H31N3O2S. The molecule has 5 nitrogen and oxygen atoms in total. The van der Waals surface area contributed by atoms with Gasteiger partial charge in [0.25, 0.3) is 0 Å². The summed E-state index contributed by atoms with van der Waals surface area (Å²) in [6.07, 6.45) is 3.28. The van der Waals surface area contributed by atoms with E-state index in [4.69, 9.17) is 4.74 Å². The molecule has 144 valence electrons. The Morgan fingerprint density at radius 2 is 2.27 bits per heavy atom. The van der Waals surface area contributed by atoms with Crippen molar-refractivity contribution in [1.82, 2.24) is 15.2 Å². The minimum Gasteiger partial charge on any atom is -0.370 e. The van der Waals surface area contributed by atoms with E-state index in [1.807, 2.05) is 11.3 Å². The smallest absolute Gasteiger partial charge is 0.220 e. The predicted octanol–water partition coefficient (Wildman–Crippen LogP) is 2.90. The number of amides is 1. The Kier molecular flexibility index (Phi) is 4.86. The second-order valence-electron chi connectivity index (χ2n) is 8.84. The van der Waals surface area contributed by atoms with Crippen LogP contribution in [-0.2, 0) is 16.1 Å². The van der Waals surface area contributed by atoms with Crippen LogP contribution in [0.4, 0.5) is 0 Å². The lowest BCUT2D eigenvalue weighted by molar-refractivity contribution is -0.122. The number of carbonyl (C=O) groups is 1. The molecule has 1 aromatic rings. The number of carbonyl (C=O) groups excluding carboxylic acids is 1. The Bertz CT molecular complexity index is 689. The van der Waals surface area contributed by atoms with Crippen molar-refractivity contribution in [3.63, 3.8) is 0 Å². The number of aromatic nitrogens is 1. The number of ether oxygens (including phenoxy) is 1. The third-order valence-electron chi connectivity index (χ3n) is 6.35. The van der Waals surface area contributed by atoms with Crippen LogP contribution in [0, 0.1) is 31.6 Å². The lowest BCUT2D eigenvalue weighted by Crippen LogP contribution is -2.42. The SMILES string of the molecule is Cc1nc(C)c(CN2C[C@@H]3[C@H](CNC(=O)CC(C)C)[C@H]4CC[C@]3(C2)O4)s1. The number of likely N-dealkylation sites (tertiary alicyclic amines) is 1. The normalized spacial score (nSPS) is 33.2. The Morgan fingerprint density at radius 3 is 2.96 bits per heavy atom. The van der Waals surface area contributed by atoms with Crippen LogP contribution < -0.4 is 5.32 Å². The fraction of sp³-hybridized carbons (Fsp3) is 0.800. The van der Waals surface area contributed by atoms with Crippen LogP contribution >= 0.6 is 11.3 Å². The minimum absolute atomic E-state index is 0.0335. The van der Waals surface area contributed by atoms with Crippen molar-refractivity contribution < 1.29 is 9.53 Å². The fourth-order valence-electron chi connectivity index (χ4n) is 5.28. The molecule has 0 saturated carbocycles. The first-order valence-corrected chi connectivity index (χ1v) is 10.8. The molecule has 0 radical (unpaired) electrons. The van der Waals surface area contributed by atoms with Gasteiger partial charge in [0, 0.05) is 49.3 Å². The van der Waals surface area contributed by atoms with Crippen molar-refractivity contribution >= 4 is 17.2 Å². The molecule has 0 aliphatic carbocycles. The highest BCUT2D eigenvalue weighted by atomic mass is 32.1. The average Bonchev–Trinajstić information content (AvgIpc) is 3.25. The Labute approximate surface area is 160 Å². The first-order chi connectivity index (χ1) is 12.4. The zero-order chi connectivity index (χ0) is 18.5. The minimum atomic E-state index is 0.0335. The molecule has 1 spiro atoms. The topological polar surface area (TPSA) is 54.5 Å². The molecule has 4 atom stereocenters. The van der Waals surface area contributed by atoms with Crippen molar-refractivity contribution in [2.24, 2.45) is 17.8 Å². The molecule has 0 unspecified atom stereocenters. The largest absolute Gasteiger partial charge is 0.370 e. The quantitative estimate of drug-likeness (QED) is 0.828. The summed E-state index contributed by atoms with van der Waals surface area (Å²) in [4.78, 5) is 20.6. The average molecular weight is 378 g/mol. The van der Waals surface area contributed by atoms with Crippen molar-refractivity contribution in [2.75, 3.05) is 19.6 Å². The predicted molar refractivity (Wildman–Crippen MR) is 103 cm³/mol.